The lowest BCUT2D eigenvalue weighted by atomic mass is 9.74. The van der Waals surface area contributed by atoms with E-state index >= 15 is 0 Å². The molecule has 0 bridgehead atoms. The van der Waals surface area contributed by atoms with Gasteiger partial charge in [0.05, 0.1) is 17.8 Å². The highest BCUT2D eigenvalue weighted by Crippen LogP contribution is 2.37. The minimum atomic E-state index is -0.343. The fraction of sp³-hybridized carbons (Fsp3) is 0.667. The molecule has 0 spiro atoms. The van der Waals surface area contributed by atoms with Gasteiger partial charge in [0, 0.05) is 30.4 Å². The van der Waals surface area contributed by atoms with E-state index in [9.17, 15) is 0 Å². The Morgan fingerprint density at radius 2 is 1.90 bits per heavy atom. The van der Waals surface area contributed by atoms with Gasteiger partial charge in [-0.2, -0.15) is 0 Å². The molecule has 2 aliphatic heterocycles. The number of hydrogen-bond donors (Lipinski definition) is 0. The van der Waals surface area contributed by atoms with Crippen LogP contribution in [0.1, 0.15) is 45.6 Å². The molecule has 0 N–H and O–H groups in total. The van der Waals surface area contributed by atoms with Gasteiger partial charge in [0.2, 0.25) is 0 Å². The first-order valence-corrected chi connectivity index (χ1v) is 7.28. The smallest absolute Gasteiger partial charge is 0.399 e. The quantitative estimate of drug-likeness (QED) is 0.773. The van der Waals surface area contributed by atoms with Crippen molar-refractivity contribution in [1.29, 1.82) is 0 Å². The van der Waals surface area contributed by atoms with Crippen LogP contribution >= 0.6 is 0 Å². The van der Waals surface area contributed by atoms with Crippen LogP contribution in [-0.4, -0.2) is 36.5 Å². The number of ether oxygens (including phenoxy) is 1. The second-order valence-corrected chi connectivity index (χ2v) is 6.65. The summed E-state index contributed by atoms with van der Waals surface area (Å²) < 4.78 is 17.8. The molecule has 1 atom stereocenters. The highest BCUT2D eigenvalue weighted by atomic mass is 16.7. The zero-order valence-corrected chi connectivity index (χ0v) is 12.7. The number of pyridine rings is 1. The lowest BCUT2D eigenvalue weighted by molar-refractivity contribution is 0.00578. The van der Waals surface area contributed by atoms with Crippen molar-refractivity contribution in [3.8, 4) is 0 Å². The lowest BCUT2D eigenvalue weighted by Gasteiger charge is -2.32. The number of nitrogens with zero attached hydrogens (tertiary/aromatic N) is 1. The van der Waals surface area contributed by atoms with E-state index < -0.39 is 0 Å². The van der Waals surface area contributed by atoms with Gasteiger partial charge in [-0.1, -0.05) is 0 Å². The van der Waals surface area contributed by atoms with Crippen LogP contribution in [0.2, 0.25) is 0 Å². The maximum absolute atomic E-state index is 6.15. The molecule has 1 aromatic rings. The fourth-order valence-electron chi connectivity index (χ4n) is 2.74. The van der Waals surface area contributed by atoms with E-state index in [1.165, 1.54) is 5.56 Å². The molecule has 0 aromatic carbocycles. The summed E-state index contributed by atoms with van der Waals surface area (Å²) in [6, 6.07) is 2.07. The first kappa shape index (κ1) is 14.0. The van der Waals surface area contributed by atoms with Crippen LogP contribution < -0.4 is 5.46 Å². The molecule has 0 amide bonds. The summed E-state index contributed by atoms with van der Waals surface area (Å²) in [5.74, 6) is 0.423. The molecule has 2 fully saturated rings. The van der Waals surface area contributed by atoms with Crippen molar-refractivity contribution in [3.05, 3.63) is 24.0 Å². The van der Waals surface area contributed by atoms with E-state index in [0.29, 0.717) is 5.92 Å². The van der Waals surface area contributed by atoms with Crippen molar-refractivity contribution in [3.63, 3.8) is 0 Å². The number of aromatic nitrogens is 1. The zero-order valence-electron chi connectivity index (χ0n) is 12.7. The topological polar surface area (TPSA) is 40.6 Å². The molecule has 4 nitrogen and oxygen atoms in total. The summed E-state index contributed by atoms with van der Waals surface area (Å²) in [6.07, 6.45) is 4.76. The molecule has 20 heavy (non-hydrogen) atoms. The molecule has 2 saturated heterocycles. The molecule has 2 aliphatic rings. The third-order valence-corrected chi connectivity index (χ3v) is 4.76. The third kappa shape index (κ3) is 2.28. The zero-order chi connectivity index (χ0) is 14.4. The van der Waals surface area contributed by atoms with Gasteiger partial charge < -0.3 is 14.0 Å². The van der Waals surface area contributed by atoms with Crippen molar-refractivity contribution in [2.45, 2.75) is 51.2 Å². The van der Waals surface area contributed by atoms with Gasteiger partial charge in [-0.15, -0.1) is 0 Å². The monoisotopic (exact) mass is 275 g/mol. The number of hydrogen-bond acceptors (Lipinski definition) is 4. The van der Waals surface area contributed by atoms with Crippen molar-refractivity contribution < 1.29 is 14.0 Å². The van der Waals surface area contributed by atoms with E-state index in [4.69, 9.17) is 14.0 Å². The van der Waals surface area contributed by atoms with Crippen molar-refractivity contribution in [1.82, 2.24) is 4.98 Å². The Balaban J connectivity index is 1.92. The maximum Gasteiger partial charge on any atom is 0.496 e. The first-order valence-electron chi connectivity index (χ1n) is 7.28. The van der Waals surface area contributed by atoms with Gasteiger partial charge in [-0.05, 0) is 45.7 Å². The predicted molar refractivity (Wildman–Crippen MR) is 78.1 cm³/mol. The van der Waals surface area contributed by atoms with Crippen LogP contribution in [0.15, 0.2) is 18.5 Å². The van der Waals surface area contributed by atoms with Crippen molar-refractivity contribution in [2.75, 3.05) is 13.2 Å². The Morgan fingerprint density at radius 1 is 1.20 bits per heavy atom. The van der Waals surface area contributed by atoms with E-state index in [2.05, 4.69) is 38.7 Å². The van der Waals surface area contributed by atoms with E-state index in [0.717, 1.165) is 25.1 Å². The average Bonchev–Trinajstić information content (AvgIpc) is 2.97. The van der Waals surface area contributed by atoms with Crippen LogP contribution in [0.5, 0.6) is 0 Å². The summed E-state index contributed by atoms with van der Waals surface area (Å²) in [7, 11) is -0.343. The predicted octanol–water partition coefficient (Wildman–Crippen LogP) is 1.88. The van der Waals surface area contributed by atoms with Gasteiger partial charge >= 0.3 is 7.12 Å². The van der Waals surface area contributed by atoms with Gasteiger partial charge in [0.15, 0.2) is 0 Å². The molecule has 1 aromatic heterocycles. The van der Waals surface area contributed by atoms with Crippen molar-refractivity contribution in [2.24, 2.45) is 0 Å². The van der Waals surface area contributed by atoms with E-state index in [1.807, 2.05) is 12.4 Å². The normalized spacial score (nSPS) is 28.0. The maximum atomic E-state index is 6.15. The summed E-state index contributed by atoms with van der Waals surface area (Å²) in [5.41, 5.74) is 1.64. The van der Waals surface area contributed by atoms with Gasteiger partial charge in [0.25, 0.3) is 0 Å². The highest BCUT2D eigenvalue weighted by Gasteiger charge is 2.52. The SMILES string of the molecule is CC1(C)OB(c2cnccc2C2CCOC2)OC1(C)C. The Kier molecular flexibility index (Phi) is 3.39. The summed E-state index contributed by atoms with van der Waals surface area (Å²) in [6.45, 7) is 9.89. The molecular formula is C15H22BNO3. The van der Waals surface area contributed by atoms with Gasteiger partial charge in [0.1, 0.15) is 0 Å². The highest BCUT2D eigenvalue weighted by molar-refractivity contribution is 6.62. The molecule has 0 saturated carbocycles. The van der Waals surface area contributed by atoms with Crippen LogP contribution in [0.4, 0.5) is 0 Å². The fourth-order valence-corrected chi connectivity index (χ4v) is 2.74. The van der Waals surface area contributed by atoms with Crippen LogP contribution in [0, 0.1) is 0 Å². The van der Waals surface area contributed by atoms with Crippen LogP contribution in [-0.2, 0) is 14.0 Å². The second-order valence-electron chi connectivity index (χ2n) is 6.65. The average molecular weight is 275 g/mol. The molecule has 1 unspecified atom stereocenters. The van der Waals surface area contributed by atoms with Crippen LogP contribution in [0.25, 0.3) is 0 Å². The standard InChI is InChI=1S/C15H22BNO3/c1-14(2)15(3,4)20-16(19-14)13-9-17-7-5-12(13)11-6-8-18-10-11/h5,7,9,11H,6,8,10H2,1-4H3. The Morgan fingerprint density at radius 3 is 2.50 bits per heavy atom. The molecule has 5 heteroatoms. The summed E-state index contributed by atoms with van der Waals surface area (Å²) in [4.78, 5) is 4.26. The second kappa shape index (κ2) is 4.83. The minimum absolute atomic E-state index is 0.322. The Bertz CT molecular complexity index is 482. The lowest BCUT2D eigenvalue weighted by Crippen LogP contribution is -2.41. The van der Waals surface area contributed by atoms with E-state index in [-0.39, 0.29) is 18.3 Å². The van der Waals surface area contributed by atoms with E-state index in [1.54, 1.807) is 0 Å². The minimum Gasteiger partial charge on any atom is -0.399 e. The Labute approximate surface area is 121 Å². The number of rotatable bonds is 2. The van der Waals surface area contributed by atoms with Gasteiger partial charge in [-0.3, -0.25) is 4.98 Å². The molecule has 0 aliphatic carbocycles. The Hall–Kier alpha value is -0.905. The molecule has 3 rings (SSSR count). The van der Waals surface area contributed by atoms with Crippen molar-refractivity contribution >= 4 is 12.6 Å². The third-order valence-electron chi connectivity index (χ3n) is 4.76. The van der Waals surface area contributed by atoms with Gasteiger partial charge in [-0.25, -0.2) is 0 Å². The molecule has 108 valence electrons. The van der Waals surface area contributed by atoms with Crippen LogP contribution in [0.3, 0.4) is 0 Å². The first-order chi connectivity index (χ1) is 9.41. The molecule has 3 heterocycles. The largest absolute Gasteiger partial charge is 0.496 e. The molecule has 0 radical (unpaired) electrons. The molecular weight excluding hydrogens is 253 g/mol. The summed E-state index contributed by atoms with van der Waals surface area (Å²) in [5, 5.41) is 0. The summed E-state index contributed by atoms with van der Waals surface area (Å²) >= 11 is 0.